The molecule has 27 heavy (non-hydrogen) atoms. The highest BCUT2D eigenvalue weighted by atomic mass is 35.5. The molecule has 0 saturated heterocycles. The Kier molecular flexibility index (Phi) is 5.19. The second-order valence-electron chi connectivity index (χ2n) is 6.51. The van der Waals surface area contributed by atoms with Gasteiger partial charge in [0.15, 0.2) is 5.60 Å². The average molecular weight is 388 g/mol. The van der Waals surface area contributed by atoms with Gasteiger partial charge in [-0.1, -0.05) is 23.7 Å². The Morgan fingerprint density at radius 1 is 1.00 bits per heavy atom. The van der Waals surface area contributed by atoms with Crippen LogP contribution in [0.25, 0.3) is 0 Å². The van der Waals surface area contributed by atoms with Crippen LogP contribution in [0.15, 0.2) is 48.5 Å². The molecule has 6 nitrogen and oxygen atoms in total. The molecule has 0 unspecified atom stereocenters. The lowest BCUT2D eigenvalue weighted by Gasteiger charge is -2.25. The van der Waals surface area contributed by atoms with Crippen LogP contribution >= 0.6 is 11.6 Å². The Hall–Kier alpha value is -2.86. The fraction of sp³-hybridized carbons (Fsp3) is 0.250. The number of carbonyl (C=O) groups excluding carboxylic acids is 3. The van der Waals surface area contributed by atoms with E-state index in [9.17, 15) is 14.4 Å². The average Bonchev–Trinajstić information content (AvgIpc) is 2.88. The van der Waals surface area contributed by atoms with Gasteiger partial charge in [-0.15, -0.1) is 0 Å². The van der Waals surface area contributed by atoms with Crippen LogP contribution in [0.3, 0.4) is 0 Å². The van der Waals surface area contributed by atoms with Gasteiger partial charge in [0, 0.05) is 5.02 Å². The molecule has 0 atom stereocenters. The van der Waals surface area contributed by atoms with Crippen molar-refractivity contribution < 1.29 is 23.9 Å². The minimum absolute atomic E-state index is 0.0187. The van der Waals surface area contributed by atoms with E-state index in [1.165, 1.54) is 0 Å². The molecule has 0 saturated carbocycles. The number of imide groups is 1. The molecule has 0 fully saturated rings. The van der Waals surface area contributed by atoms with E-state index in [-0.39, 0.29) is 25.0 Å². The molecule has 2 aromatic carbocycles. The zero-order chi connectivity index (χ0) is 19.6. The normalized spacial score (nSPS) is 13.5. The third-order valence-corrected chi connectivity index (χ3v) is 4.36. The maximum Gasteiger partial charge on any atom is 0.349 e. The zero-order valence-electron chi connectivity index (χ0n) is 14.9. The molecule has 0 bridgehead atoms. The van der Waals surface area contributed by atoms with Gasteiger partial charge in [0.05, 0.1) is 17.7 Å². The van der Waals surface area contributed by atoms with Crippen LogP contribution in [-0.4, -0.2) is 41.4 Å². The van der Waals surface area contributed by atoms with Crippen molar-refractivity contribution in [3.8, 4) is 5.75 Å². The summed E-state index contributed by atoms with van der Waals surface area (Å²) in [5.41, 5.74) is -0.518. The molecule has 0 N–H and O–H groups in total. The first-order chi connectivity index (χ1) is 12.8. The van der Waals surface area contributed by atoms with Crippen LogP contribution in [-0.2, 0) is 9.53 Å². The number of amides is 2. The SMILES string of the molecule is CC(C)(Oc1ccc(Cl)cc1)C(=O)OCCN1C(=O)c2ccccc2C1=O. The monoisotopic (exact) mass is 387 g/mol. The summed E-state index contributed by atoms with van der Waals surface area (Å²) in [4.78, 5) is 38.0. The van der Waals surface area contributed by atoms with Crippen LogP contribution < -0.4 is 4.74 Å². The Bertz CT molecular complexity index is 857. The van der Waals surface area contributed by atoms with Crippen molar-refractivity contribution in [3.05, 3.63) is 64.7 Å². The summed E-state index contributed by atoms with van der Waals surface area (Å²) < 4.78 is 10.9. The molecular formula is C20H18ClNO5. The first kappa shape index (κ1) is 18.9. The molecule has 2 amide bonds. The highest BCUT2D eigenvalue weighted by molar-refractivity contribution is 6.30. The molecule has 1 heterocycles. The Morgan fingerprint density at radius 2 is 1.56 bits per heavy atom. The fourth-order valence-electron chi connectivity index (χ4n) is 2.68. The summed E-state index contributed by atoms with van der Waals surface area (Å²) in [7, 11) is 0. The van der Waals surface area contributed by atoms with E-state index in [2.05, 4.69) is 0 Å². The highest BCUT2D eigenvalue weighted by Gasteiger charge is 2.36. The first-order valence-electron chi connectivity index (χ1n) is 8.36. The minimum Gasteiger partial charge on any atom is -0.476 e. The fourth-order valence-corrected chi connectivity index (χ4v) is 2.81. The Morgan fingerprint density at radius 3 is 2.11 bits per heavy atom. The van der Waals surface area contributed by atoms with Gasteiger partial charge >= 0.3 is 5.97 Å². The van der Waals surface area contributed by atoms with Crippen LogP contribution in [0, 0.1) is 0 Å². The Labute approximate surface area is 161 Å². The minimum atomic E-state index is -1.24. The molecule has 1 aliphatic heterocycles. The van der Waals surface area contributed by atoms with Gasteiger partial charge in [0.25, 0.3) is 11.8 Å². The van der Waals surface area contributed by atoms with Crippen LogP contribution in [0.4, 0.5) is 0 Å². The zero-order valence-corrected chi connectivity index (χ0v) is 15.7. The van der Waals surface area contributed by atoms with Crippen LogP contribution in [0.2, 0.25) is 5.02 Å². The number of ether oxygens (including phenoxy) is 2. The summed E-state index contributed by atoms with van der Waals surface area (Å²) in [6, 6.07) is 13.2. The van der Waals surface area contributed by atoms with Gasteiger partial charge < -0.3 is 9.47 Å². The van der Waals surface area contributed by atoms with E-state index in [4.69, 9.17) is 21.1 Å². The smallest absolute Gasteiger partial charge is 0.349 e. The number of halogens is 1. The number of carbonyl (C=O) groups is 3. The number of rotatable bonds is 6. The van der Waals surface area contributed by atoms with Crippen molar-refractivity contribution in [2.75, 3.05) is 13.2 Å². The Balaban J connectivity index is 1.55. The molecule has 0 aromatic heterocycles. The molecule has 140 valence electrons. The summed E-state index contributed by atoms with van der Waals surface area (Å²) in [5, 5.41) is 0.559. The van der Waals surface area contributed by atoms with Crippen molar-refractivity contribution in [3.63, 3.8) is 0 Å². The van der Waals surface area contributed by atoms with Crippen LogP contribution in [0.5, 0.6) is 5.75 Å². The topological polar surface area (TPSA) is 72.9 Å². The lowest BCUT2D eigenvalue weighted by atomic mass is 10.1. The molecule has 2 aromatic rings. The molecule has 0 radical (unpaired) electrons. The van der Waals surface area contributed by atoms with Crippen molar-refractivity contribution in [1.82, 2.24) is 4.90 Å². The molecule has 3 rings (SSSR count). The maximum atomic E-state index is 12.3. The lowest BCUT2D eigenvalue weighted by molar-refractivity contribution is -0.159. The van der Waals surface area contributed by atoms with Crippen molar-refractivity contribution in [2.45, 2.75) is 19.4 Å². The number of hydrogen-bond acceptors (Lipinski definition) is 5. The number of nitrogens with zero attached hydrogens (tertiary/aromatic N) is 1. The van der Waals surface area contributed by atoms with Crippen molar-refractivity contribution in [1.29, 1.82) is 0 Å². The van der Waals surface area contributed by atoms with Gasteiger partial charge in [0.1, 0.15) is 12.4 Å². The van der Waals surface area contributed by atoms with Gasteiger partial charge in [-0.25, -0.2) is 4.79 Å². The number of fused-ring (bicyclic) bond motifs is 1. The first-order valence-corrected chi connectivity index (χ1v) is 8.74. The summed E-state index contributed by atoms with van der Waals surface area (Å²) >= 11 is 5.83. The van der Waals surface area contributed by atoms with E-state index in [0.29, 0.717) is 21.9 Å². The summed E-state index contributed by atoms with van der Waals surface area (Å²) in [5.74, 6) is -0.901. The third kappa shape index (κ3) is 3.95. The maximum absolute atomic E-state index is 12.3. The molecule has 0 aliphatic carbocycles. The van der Waals surface area contributed by atoms with Gasteiger partial charge in [-0.2, -0.15) is 0 Å². The molecule has 1 aliphatic rings. The van der Waals surface area contributed by atoms with E-state index in [0.717, 1.165) is 4.90 Å². The van der Waals surface area contributed by atoms with Crippen molar-refractivity contribution >= 4 is 29.4 Å². The number of hydrogen-bond donors (Lipinski definition) is 0. The summed E-state index contributed by atoms with van der Waals surface area (Å²) in [6.07, 6.45) is 0. The molecule has 7 heteroatoms. The van der Waals surface area contributed by atoms with E-state index >= 15 is 0 Å². The van der Waals surface area contributed by atoms with Gasteiger partial charge in [-0.3, -0.25) is 14.5 Å². The summed E-state index contributed by atoms with van der Waals surface area (Å²) in [6.45, 7) is 3.02. The second kappa shape index (κ2) is 7.40. The van der Waals surface area contributed by atoms with Crippen LogP contribution in [0.1, 0.15) is 34.6 Å². The standard InChI is InChI=1S/C20H18ClNO5/c1-20(2,27-14-9-7-13(21)8-10-14)19(25)26-12-11-22-17(23)15-5-3-4-6-16(15)18(22)24/h3-10H,11-12H2,1-2H3. The highest BCUT2D eigenvalue weighted by Crippen LogP contribution is 2.23. The van der Waals surface area contributed by atoms with Crippen molar-refractivity contribution in [2.24, 2.45) is 0 Å². The predicted molar refractivity (Wildman–Crippen MR) is 98.9 cm³/mol. The second-order valence-corrected chi connectivity index (χ2v) is 6.95. The lowest BCUT2D eigenvalue weighted by Crippen LogP contribution is -2.41. The number of benzene rings is 2. The molecular weight excluding hydrogens is 370 g/mol. The van der Waals surface area contributed by atoms with Gasteiger partial charge in [0.2, 0.25) is 0 Å². The largest absolute Gasteiger partial charge is 0.476 e. The van der Waals surface area contributed by atoms with E-state index < -0.39 is 11.6 Å². The quantitative estimate of drug-likeness (QED) is 0.561. The third-order valence-electron chi connectivity index (χ3n) is 4.10. The van der Waals surface area contributed by atoms with E-state index in [1.807, 2.05) is 0 Å². The number of esters is 1. The predicted octanol–water partition coefficient (Wildman–Crippen LogP) is 3.34. The molecule has 0 spiro atoms. The van der Waals surface area contributed by atoms with E-state index in [1.54, 1.807) is 62.4 Å². The van der Waals surface area contributed by atoms with Gasteiger partial charge in [-0.05, 0) is 50.2 Å².